The lowest BCUT2D eigenvalue weighted by atomic mass is 9.95. The topological polar surface area (TPSA) is 79.7 Å². The second kappa shape index (κ2) is 8.62. The van der Waals surface area contributed by atoms with E-state index in [1.807, 2.05) is 6.07 Å². The van der Waals surface area contributed by atoms with Crippen LogP contribution in [0.4, 0.5) is 0 Å². The van der Waals surface area contributed by atoms with E-state index in [4.69, 9.17) is 16.3 Å². The van der Waals surface area contributed by atoms with Crippen LogP contribution in [0.2, 0.25) is 5.02 Å². The van der Waals surface area contributed by atoms with Crippen molar-refractivity contribution in [2.45, 2.75) is 12.6 Å². The van der Waals surface area contributed by atoms with E-state index in [0.717, 1.165) is 5.56 Å². The highest BCUT2D eigenvalue weighted by Crippen LogP contribution is 2.41. The standard InChI is InChI=1S/C24H19ClN2O4/c1-31-19-6-2-5-17(12-19)21-20(22(28)16-7-9-18(25)10-8-16)23(29)24(30)27(21)14-15-4-3-11-26-13-15/h2-13,21,28H,14H2,1H3. The number of Topliss-reactive ketones (excluding diaryl/α,β-unsaturated/α-hetero) is 1. The Balaban J connectivity index is 1.87. The van der Waals surface area contributed by atoms with Crippen molar-refractivity contribution in [1.29, 1.82) is 0 Å². The van der Waals surface area contributed by atoms with E-state index in [-0.39, 0.29) is 17.9 Å². The van der Waals surface area contributed by atoms with Gasteiger partial charge in [-0.3, -0.25) is 14.6 Å². The zero-order valence-electron chi connectivity index (χ0n) is 16.7. The van der Waals surface area contributed by atoms with Gasteiger partial charge in [0.25, 0.3) is 11.7 Å². The summed E-state index contributed by atoms with van der Waals surface area (Å²) in [5, 5.41) is 11.5. The molecule has 1 aliphatic rings. The second-order valence-corrected chi connectivity index (χ2v) is 7.51. The molecule has 1 unspecified atom stereocenters. The molecule has 1 atom stereocenters. The molecule has 0 radical (unpaired) electrons. The summed E-state index contributed by atoms with van der Waals surface area (Å²) in [5.74, 6) is -1.11. The Morgan fingerprint density at radius 1 is 1.13 bits per heavy atom. The molecule has 6 nitrogen and oxygen atoms in total. The number of ketones is 1. The van der Waals surface area contributed by atoms with Crippen LogP contribution in [0.5, 0.6) is 5.75 Å². The molecular weight excluding hydrogens is 416 g/mol. The van der Waals surface area contributed by atoms with Crippen LogP contribution >= 0.6 is 11.6 Å². The van der Waals surface area contributed by atoms with Gasteiger partial charge in [-0.25, -0.2) is 0 Å². The summed E-state index contributed by atoms with van der Waals surface area (Å²) in [6, 6.07) is 16.3. The number of hydrogen-bond donors (Lipinski definition) is 1. The molecule has 2 aromatic carbocycles. The number of carbonyl (C=O) groups is 2. The average Bonchev–Trinajstić information content (AvgIpc) is 3.05. The van der Waals surface area contributed by atoms with Crippen LogP contribution in [0.25, 0.3) is 5.76 Å². The molecule has 0 spiro atoms. The number of likely N-dealkylation sites (tertiary alicyclic amines) is 1. The minimum atomic E-state index is -0.786. The van der Waals surface area contributed by atoms with Gasteiger partial charge in [0.15, 0.2) is 0 Å². The van der Waals surface area contributed by atoms with Crippen molar-refractivity contribution in [2.24, 2.45) is 0 Å². The monoisotopic (exact) mass is 434 g/mol. The van der Waals surface area contributed by atoms with Gasteiger partial charge in [0.2, 0.25) is 0 Å². The van der Waals surface area contributed by atoms with Gasteiger partial charge in [0, 0.05) is 29.5 Å². The minimum absolute atomic E-state index is 0.0180. The first-order chi connectivity index (χ1) is 15.0. The van der Waals surface area contributed by atoms with E-state index >= 15 is 0 Å². The lowest BCUT2D eigenvalue weighted by molar-refractivity contribution is -0.140. The number of ether oxygens (including phenoxy) is 1. The van der Waals surface area contributed by atoms with E-state index in [2.05, 4.69) is 4.98 Å². The number of carbonyl (C=O) groups excluding carboxylic acids is 2. The van der Waals surface area contributed by atoms with Crippen molar-refractivity contribution in [3.05, 3.63) is 100 Å². The van der Waals surface area contributed by atoms with Crippen LogP contribution in [0.3, 0.4) is 0 Å². The summed E-state index contributed by atoms with van der Waals surface area (Å²) in [5.41, 5.74) is 1.84. The summed E-state index contributed by atoms with van der Waals surface area (Å²) >= 11 is 5.95. The number of halogens is 1. The molecule has 0 saturated carbocycles. The number of nitrogens with zero attached hydrogens (tertiary/aromatic N) is 2. The van der Waals surface area contributed by atoms with E-state index in [1.54, 1.807) is 74.1 Å². The number of hydrogen-bond acceptors (Lipinski definition) is 5. The largest absolute Gasteiger partial charge is 0.507 e. The van der Waals surface area contributed by atoms with Crippen LogP contribution in [-0.2, 0) is 16.1 Å². The van der Waals surface area contributed by atoms with E-state index in [9.17, 15) is 14.7 Å². The highest BCUT2D eigenvalue weighted by Gasteiger charge is 2.46. The van der Waals surface area contributed by atoms with Crippen molar-refractivity contribution in [3.63, 3.8) is 0 Å². The molecule has 1 fully saturated rings. The zero-order chi connectivity index (χ0) is 22.0. The van der Waals surface area contributed by atoms with Crippen LogP contribution in [0, 0.1) is 0 Å². The molecule has 1 amide bonds. The quantitative estimate of drug-likeness (QED) is 0.366. The Morgan fingerprint density at radius 2 is 1.90 bits per heavy atom. The number of methoxy groups -OCH3 is 1. The maximum Gasteiger partial charge on any atom is 0.295 e. The molecule has 2 heterocycles. The maximum atomic E-state index is 13.0. The highest BCUT2D eigenvalue weighted by molar-refractivity contribution is 6.46. The molecule has 0 bridgehead atoms. The summed E-state index contributed by atoms with van der Waals surface area (Å²) < 4.78 is 5.32. The van der Waals surface area contributed by atoms with Crippen molar-refractivity contribution < 1.29 is 19.4 Å². The molecule has 7 heteroatoms. The van der Waals surface area contributed by atoms with Crippen LogP contribution in [-0.4, -0.2) is 33.8 Å². The lowest BCUT2D eigenvalue weighted by Gasteiger charge is -2.25. The summed E-state index contributed by atoms with van der Waals surface area (Å²) in [6.07, 6.45) is 3.28. The number of aliphatic hydroxyl groups excluding tert-OH is 1. The Kier molecular flexibility index (Phi) is 5.73. The Morgan fingerprint density at radius 3 is 2.58 bits per heavy atom. The molecule has 3 aromatic rings. The third-order valence-corrected chi connectivity index (χ3v) is 5.39. The first kappa shape index (κ1) is 20.6. The van der Waals surface area contributed by atoms with Gasteiger partial charge < -0.3 is 14.7 Å². The first-order valence-electron chi connectivity index (χ1n) is 9.57. The predicted octanol–water partition coefficient (Wildman–Crippen LogP) is 4.37. The van der Waals surface area contributed by atoms with Gasteiger partial charge in [-0.1, -0.05) is 29.8 Å². The lowest BCUT2D eigenvalue weighted by Crippen LogP contribution is -2.29. The Labute approximate surface area is 184 Å². The molecule has 1 aliphatic heterocycles. The number of aromatic nitrogens is 1. The van der Waals surface area contributed by atoms with Gasteiger partial charge >= 0.3 is 0 Å². The zero-order valence-corrected chi connectivity index (χ0v) is 17.4. The van der Waals surface area contributed by atoms with Crippen LogP contribution in [0.1, 0.15) is 22.7 Å². The number of aliphatic hydroxyl groups is 1. The predicted molar refractivity (Wildman–Crippen MR) is 117 cm³/mol. The fourth-order valence-corrected chi connectivity index (χ4v) is 3.78. The van der Waals surface area contributed by atoms with Crippen LogP contribution in [0.15, 0.2) is 78.6 Å². The van der Waals surface area contributed by atoms with E-state index < -0.39 is 17.7 Å². The summed E-state index contributed by atoms with van der Waals surface area (Å²) in [4.78, 5) is 31.6. The van der Waals surface area contributed by atoms with Gasteiger partial charge in [-0.2, -0.15) is 0 Å². The number of benzene rings is 2. The third-order valence-electron chi connectivity index (χ3n) is 5.14. The third kappa shape index (κ3) is 4.02. The summed E-state index contributed by atoms with van der Waals surface area (Å²) in [6.45, 7) is 0.164. The van der Waals surface area contributed by atoms with E-state index in [1.165, 1.54) is 4.90 Å². The maximum absolute atomic E-state index is 13.0. The molecule has 31 heavy (non-hydrogen) atoms. The van der Waals surface area contributed by atoms with Crippen LogP contribution < -0.4 is 4.74 Å². The second-order valence-electron chi connectivity index (χ2n) is 7.07. The molecule has 1 aromatic heterocycles. The van der Waals surface area contributed by atoms with Gasteiger partial charge in [-0.05, 0) is 53.6 Å². The van der Waals surface area contributed by atoms with Crippen molar-refractivity contribution in [1.82, 2.24) is 9.88 Å². The Hall–Kier alpha value is -3.64. The summed E-state index contributed by atoms with van der Waals surface area (Å²) in [7, 11) is 1.54. The SMILES string of the molecule is COc1cccc(C2C(=C(O)c3ccc(Cl)cc3)C(=O)C(=O)N2Cc2cccnc2)c1. The molecule has 1 N–H and O–H groups in total. The number of pyridine rings is 1. The molecule has 156 valence electrons. The Bertz CT molecular complexity index is 1160. The highest BCUT2D eigenvalue weighted by atomic mass is 35.5. The normalized spacial score (nSPS) is 17.7. The molecule has 1 saturated heterocycles. The molecular formula is C24H19ClN2O4. The first-order valence-corrected chi connectivity index (χ1v) is 9.94. The average molecular weight is 435 g/mol. The van der Waals surface area contributed by atoms with Crippen molar-refractivity contribution in [2.75, 3.05) is 7.11 Å². The molecule has 0 aliphatic carbocycles. The number of rotatable bonds is 5. The fraction of sp³-hybridized carbons (Fsp3) is 0.125. The van der Waals surface area contributed by atoms with Crippen molar-refractivity contribution >= 4 is 29.1 Å². The van der Waals surface area contributed by atoms with Gasteiger partial charge in [0.1, 0.15) is 11.5 Å². The minimum Gasteiger partial charge on any atom is -0.507 e. The number of amides is 1. The van der Waals surface area contributed by atoms with Gasteiger partial charge in [-0.15, -0.1) is 0 Å². The van der Waals surface area contributed by atoms with Crippen molar-refractivity contribution in [3.8, 4) is 5.75 Å². The van der Waals surface area contributed by atoms with Gasteiger partial charge in [0.05, 0.1) is 18.7 Å². The fourth-order valence-electron chi connectivity index (χ4n) is 3.65. The molecule has 4 rings (SSSR count). The van der Waals surface area contributed by atoms with E-state index in [0.29, 0.717) is 21.9 Å². The smallest absolute Gasteiger partial charge is 0.295 e.